The number of rotatable bonds is 5. The van der Waals surface area contributed by atoms with Crippen molar-refractivity contribution in [2.24, 2.45) is 0 Å². The number of aryl methyl sites for hydroxylation is 2. The minimum Gasteiger partial charge on any atom is -0.431 e. The highest BCUT2D eigenvalue weighted by atomic mass is 32.2. The minimum atomic E-state index is -0.0905. The fourth-order valence-electron chi connectivity index (χ4n) is 3.00. The smallest absolute Gasteiger partial charge is 0.256 e. The van der Waals surface area contributed by atoms with Gasteiger partial charge in [0.2, 0.25) is 5.91 Å². The molecular formula is C23H20N2O2S. The summed E-state index contributed by atoms with van der Waals surface area (Å²) < 4.78 is 5.81. The number of carbonyl (C=O) groups is 1. The van der Waals surface area contributed by atoms with Crippen molar-refractivity contribution in [3.63, 3.8) is 0 Å². The van der Waals surface area contributed by atoms with Crippen LogP contribution in [0.5, 0.6) is 0 Å². The molecule has 1 amide bonds. The number of nitrogens with one attached hydrogen (secondary N) is 1. The summed E-state index contributed by atoms with van der Waals surface area (Å²) in [6, 6.07) is 20.0. The molecule has 0 radical (unpaired) electrons. The number of carbonyl (C=O) groups excluding carboxylic acids is 1. The molecule has 0 aliphatic heterocycles. The van der Waals surface area contributed by atoms with Gasteiger partial charge in [-0.3, -0.25) is 4.79 Å². The first-order chi connectivity index (χ1) is 13.6. The van der Waals surface area contributed by atoms with Crippen LogP contribution in [0.1, 0.15) is 11.1 Å². The second-order valence-corrected chi connectivity index (χ2v) is 7.58. The number of hydrogen-bond acceptors (Lipinski definition) is 4. The van der Waals surface area contributed by atoms with Crippen molar-refractivity contribution in [1.29, 1.82) is 0 Å². The summed E-state index contributed by atoms with van der Waals surface area (Å²) in [5.74, 6) is 0.850. The number of oxazole rings is 1. The van der Waals surface area contributed by atoms with Crippen LogP contribution in [-0.2, 0) is 4.79 Å². The van der Waals surface area contributed by atoms with Gasteiger partial charge in [-0.15, -0.1) is 0 Å². The molecule has 4 aromatic rings. The third-order valence-electron chi connectivity index (χ3n) is 4.67. The third kappa shape index (κ3) is 3.94. The maximum Gasteiger partial charge on any atom is 0.256 e. The van der Waals surface area contributed by atoms with E-state index in [0.29, 0.717) is 11.0 Å². The fourth-order valence-corrected chi connectivity index (χ4v) is 3.60. The Morgan fingerprint density at radius 2 is 1.86 bits per heavy atom. The van der Waals surface area contributed by atoms with Crippen LogP contribution in [0, 0.1) is 13.8 Å². The monoisotopic (exact) mass is 388 g/mol. The van der Waals surface area contributed by atoms with Gasteiger partial charge in [-0.05, 0) is 42.5 Å². The number of anilines is 1. The summed E-state index contributed by atoms with van der Waals surface area (Å²) >= 11 is 1.29. The first kappa shape index (κ1) is 18.3. The Labute approximate surface area is 168 Å². The van der Waals surface area contributed by atoms with E-state index in [4.69, 9.17) is 4.42 Å². The molecule has 4 nitrogen and oxygen atoms in total. The Morgan fingerprint density at radius 3 is 2.71 bits per heavy atom. The van der Waals surface area contributed by atoms with Crippen LogP contribution >= 0.6 is 11.8 Å². The van der Waals surface area contributed by atoms with Crippen LogP contribution in [-0.4, -0.2) is 16.6 Å². The van der Waals surface area contributed by atoms with Crippen LogP contribution in [0.4, 0.5) is 5.69 Å². The van der Waals surface area contributed by atoms with Gasteiger partial charge in [-0.2, -0.15) is 0 Å². The molecule has 0 aliphatic carbocycles. The van der Waals surface area contributed by atoms with Gasteiger partial charge in [-0.25, -0.2) is 4.98 Å². The number of aromatic nitrogens is 1. The average Bonchev–Trinajstić information content (AvgIpc) is 3.18. The quantitative estimate of drug-likeness (QED) is 0.436. The van der Waals surface area contributed by atoms with Crippen LogP contribution in [0.3, 0.4) is 0 Å². The molecule has 1 heterocycles. The number of nitrogens with zero attached hydrogens (tertiary/aromatic N) is 1. The lowest BCUT2D eigenvalue weighted by Crippen LogP contribution is -2.14. The van der Waals surface area contributed by atoms with Gasteiger partial charge in [0.15, 0.2) is 5.76 Å². The van der Waals surface area contributed by atoms with E-state index in [9.17, 15) is 4.79 Å². The van der Waals surface area contributed by atoms with Gasteiger partial charge < -0.3 is 9.73 Å². The van der Waals surface area contributed by atoms with Gasteiger partial charge in [-0.1, -0.05) is 60.3 Å². The molecule has 1 aromatic heterocycles. The van der Waals surface area contributed by atoms with Crippen LogP contribution in [0.25, 0.3) is 22.1 Å². The maximum atomic E-state index is 12.4. The van der Waals surface area contributed by atoms with Crippen molar-refractivity contribution < 1.29 is 9.21 Å². The zero-order valence-electron chi connectivity index (χ0n) is 15.7. The first-order valence-electron chi connectivity index (χ1n) is 9.04. The molecule has 4 rings (SSSR count). The Hall–Kier alpha value is -3.05. The third-order valence-corrected chi connectivity index (χ3v) is 5.51. The van der Waals surface area contributed by atoms with Crippen molar-refractivity contribution in [2.45, 2.75) is 19.1 Å². The molecule has 0 saturated heterocycles. The molecule has 0 aliphatic rings. The van der Waals surface area contributed by atoms with E-state index in [-0.39, 0.29) is 11.7 Å². The molecule has 3 aromatic carbocycles. The lowest BCUT2D eigenvalue weighted by Gasteiger charge is -2.08. The Kier molecular flexibility index (Phi) is 5.17. The van der Waals surface area contributed by atoms with E-state index in [1.54, 1.807) is 6.20 Å². The predicted molar refractivity (Wildman–Crippen MR) is 115 cm³/mol. The lowest BCUT2D eigenvalue weighted by atomic mass is 10.1. The SMILES string of the molecule is Cc1ccc(-c2cnc(SCC(=O)Nc3cccc4ccccc34)o2)cc1C. The summed E-state index contributed by atoms with van der Waals surface area (Å²) in [7, 11) is 0. The van der Waals surface area contributed by atoms with Gasteiger partial charge in [0.25, 0.3) is 5.22 Å². The van der Waals surface area contributed by atoms with Crippen molar-refractivity contribution in [3.8, 4) is 11.3 Å². The Bertz CT molecular complexity index is 1150. The van der Waals surface area contributed by atoms with E-state index in [1.165, 1.54) is 22.9 Å². The van der Waals surface area contributed by atoms with E-state index in [1.807, 2.05) is 48.5 Å². The Balaban J connectivity index is 1.41. The first-order valence-corrected chi connectivity index (χ1v) is 10.0. The molecule has 5 heteroatoms. The summed E-state index contributed by atoms with van der Waals surface area (Å²) in [5.41, 5.74) is 4.25. The van der Waals surface area contributed by atoms with Gasteiger partial charge >= 0.3 is 0 Å². The number of fused-ring (bicyclic) bond motifs is 1. The molecule has 140 valence electrons. The second kappa shape index (κ2) is 7.90. The summed E-state index contributed by atoms with van der Waals surface area (Å²) in [6.45, 7) is 4.15. The predicted octanol–water partition coefficient (Wildman–Crippen LogP) is 5.84. The van der Waals surface area contributed by atoms with E-state index in [2.05, 4.69) is 36.3 Å². The molecule has 0 saturated carbocycles. The second-order valence-electron chi connectivity index (χ2n) is 6.65. The molecular weight excluding hydrogens is 368 g/mol. The highest BCUT2D eigenvalue weighted by Crippen LogP contribution is 2.27. The molecule has 1 N–H and O–H groups in total. The molecule has 0 bridgehead atoms. The average molecular weight is 388 g/mol. The van der Waals surface area contributed by atoms with Crippen LogP contribution in [0.2, 0.25) is 0 Å². The van der Waals surface area contributed by atoms with Crippen LogP contribution in [0.15, 0.2) is 76.5 Å². The molecule has 0 fully saturated rings. The highest BCUT2D eigenvalue weighted by molar-refractivity contribution is 7.99. The normalized spacial score (nSPS) is 10.9. The molecule has 0 atom stereocenters. The summed E-state index contributed by atoms with van der Waals surface area (Å²) in [5, 5.41) is 5.59. The number of hydrogen-bond donors (Lipinski definition) is 1. The van der Waals surface area contributed by atoms with E-state index < -0.39 is 0 Å². The number of amides is 1. The van der Waals surface area contributed by atoms with Crippen molar-refractivity contribution in [3.05, 3.63) is 78.0 Å². The number of thioether (sulfide) groups is 1. The molecule has 0 unspecified atom stereocenters. The number of benzene rings is 3. The molecule has 28 heavy (non-hydrogen) atoms. The van der Waals surface area contributed by atoms with Crippen molar-refractivity contribution in [2.75, 3.05) is 11.1 Å². The minimum absolute atomic E-state index is 0.0905. The van der Waals surface area contributed by atoms with Crippen LogP contribution < -0.4 is 5.32 Å². The fraction of sp³-hybridized carbons (Fsp3) is 0.130. The van der Waals surface area contributed by atoms with E-state index in [0.717, 1.165) is 22.0 Å². The maximum absolute atomic E-state index is 12.4. The lowest BCUT2D eigenvalue weighted by molar-refractivity contribution is -0.113. The Morgan fingerprint density at radius 1 is 1.04 bits per heavy atom. The zero-order chi connectivity index (χ0) is 19.5. The molecule has 0 spiro atoms. The topological polar surface area (TPSA) is 55.1 Å². The van der Waals surface area contributed by atoms with Gasteiger partial charge in [0.05, 0.1) is 11.9 Å². The van der Waals surface area contributed by atoms with E-state index >= 15 is 0 Å². The highest BCUT2D eigenvalue weighted by Gasteiger charge is 2.11. The van der Waals surface area contributed by atoms with Gasteiger partial charge in [0, 0.05) is 16.6 Å². The van der Waals surface area contributed by atoms with Crippen molar-refractivity contribution >= 4 is 34.1 Å². The van der Waals surface area contributed by atoms with Crippen molar-refractivity contribution in [1.82, 2.24) is 4.98 Å². The largest absolute Gasteiger partial charge is 0.431 e. The summed E-state index contributed by atoms with van der Waals surface area (Å²) in [6.07, 6.45) is 1.70. The zero-order valence-corrected chi connectivity index (χ0v) is 16.5. The summed E-state index contributed by atoms with van der Waals surface area (Å²) in [4.78, 5) is 16.7. The van der Waals surface area contributed by atoms with Gasteiger partial charge in [0.1, 0.15) is 0 Å². The standard InChI is InChI=1S/C23H20N2O2S/c1-15-10-11-18(12-16(15)2)21-13-24-23(27-21)28-14-22(26)25-20-9-5-7-17-6-3-4-8-19(17)20/h3-13H,14H2,1-2H3,(H,25,26).